The van der Waals surface area contributed by atoms with E-state index in [2.05, 4.69) is 5.32 Å². The lowest BCUT2D eigenvalue weighted by molar-refractivity contribution is -0.120. The van der Waals surface area contributed by atoms with Gasteiger partial charge in [-0.05, 0) is 36.6 Å². The van der Waals surface area contributed by atoms with Crippen LogP contribution in [0, 0.1) is 0 Å². The fraction of sp³-hybridized carbons (Fsp3) is 0.263. The molecule has 0 radical (unpaired) electrons. The molecule has 2 amide bonds. The van der Waals surface area contributed by atoms with Crippen LogP contribution in [0.15, 0.2) is 53.4 Å². The standard InChI is InChI=1S/C19H20ClN3O4S/c20-16-9-8-14(28(26,27)23-10-4-5-11-23)12-15(16)19(25)22-17(18(21)24)13-6-2-1-3-7-13/h1-3,6-9,12,17H,4-5,10-11H2,(H2,21,24)(H,22,25). The number of carbonyl (C=O) groups excluding carboxylic acids is 2. The number of nitrogens with zero attached hydrogens (tertiary/aromatic N) is 1. The SMILES string of the molecule is NC(=O)C(NC(=O)c1cc(S(=O)(=O)N2CCCC2)ccc1Cl)c1ccccc1. The van der Waals surface area contributed by atoms with Gasteiger partial charge in [0.1, 0.15) is 6.04 Å². The second kappa shape index (κ2) is 8.30. The van der Waals surface area contributed by atoms with Crippen molar-refractivity contribution < 1.29 is 18.0 Å². The third-order valence-electron chi connectivity index (χ3n) is 4.58. The van der Waals surface area contributed by atoms with Crippen molar-refractivity contribution >= 4 is 33.4 Å². The van der Waals surface area contributed by atoms with Crippen LogP contribution in [0.2, 0.25) is 5.02 Å². The quantitative estimate of drug-likeness (QED) is 0.743. The zero-order valence-corrected chi connectivity index (χ0v) is 16.5. The number of carbonyl (C=O) groups is 2. The average Bonchev–Trinajstić information content (AvgIpc) is 3.22. The molecule has 1 aliphatic heterocycles. The van der Waals surface area contributed by atoms with Gasteiger partial charge in [0.25, 0.3) is 5.91 Å². The first-order chi connectivity index (χ1) is 13.3. The molecule has 1 fully saturated rings. The number of nitrogens with one attached hydrogen (secondary N) is 1. The second-order valence-corrected chi connectivity index (χ2v) is 8.82. The van der Waals surface area contributed by atoms with Gasteiger partial charge >= 0.3 is 0 Å². The zero-order chi connectivity index (χ0) is 20.3. The molecule has 3 rings (SSSR count). The first-order valence-corrected chi connectivity index (χ1v) is 10.6. The predicted octanol–water partition coefficient (Wildman–Crippen LogP) is 2.08. The molecule has 1 unspecified atom stereocenters. The lowest BCUT2D eigenvalue weighted by Gasteiger charge is -2.18. The molecule has 9 heteroatoms. The summed E-state index contributed by atoms with van der Waals surface area (Å²) in [7, 11) is -3.71. The minimum atomic E-state index is -3.71. The molecule has 1 atom stereocenters. The van der Waals surface area contributed by atoms with E-state index in [9.17, 15) is 18.0 Å². The van der Waals surface area contributed by atoms with Crippen molar-refractivity contribution in [1.29, 1.82) is 0 Å². The first kappa shape index (κ1) is 20.3. The summed E-state index contributed by atoms with van der Waals surface area (Å²) in [4.78, 5) is 24.6. The monoisotopic (exact) mass is 421 g/mol. The van der Waals surface area contributed by atoms with E-state index in [1.54, 1.807) is 30.3 Å². The second-order valence-electron chi connectivity index (χ2n) is 6.47. The maximum Gasteiger partial charge on any atom is 0.253 e. The van der Waals surface area contributed by atoms with Crippen LogP contribution in [-0.2, 0) is 14.8 Å². The highest BCUT2D eigenvalue weighted by atomic mass is 35.5. The summed E-state index contributed by atoms with van der Waals surface area (Å²) in [5.74, 6) is -1.42. The van der Waals surface area contributed by atoms with Crippen molar-refractivity contribution in [2.45, 2.75) is 23.8 Å². The average molecular weight is 422 g/mol. The maximum atomic E-state index is 12.7. The summed E-state index contributed by atoms with van der Waals surface area (Å²) in [5, 5.41) is 2.61. The summed E-state index contributed by atoms with van der Waals surface area (Å²) in [6.07, 6.45) is 1.61. The molecule has 2 aromatic carbocycles. The van der Waals surface area contributed by atoms with Gasteiger partial charge in [0.2, 0.25) is 15.9 Å². The molecular weight excluding hydrogens is 402 g/mol. The van der Waals surface area contributed by atoms with E-state index < -0.39 is 27.9 Å². The highest BCUT2D eigenvalue weighted by molar-refractivity contribution is 7.89. The molecule has 0 aliphatic carbocycles. The lowest BCUT2D eigenvalue weighted by Crippen LogP contribution is -2.37. The largest absolute Gasteiger partial charge is 0.368 e. The zero-order valence-electron chi connectivity index (χ0n) is 15.0. The van der Waals surface area contributed by atoms with E-state index in [0.717, 1.165) is 12.8 Å². The third kappa shape index (κ3) is 4.19. The van der Waals surface area contributed by atoms with Crippen molar-refractivity contribution in [3.63, 3.8) is 0 Å². The molecule has 1 heterocycles. The molecular formula is C19H20ClN3O4S. The van der Waals surface area contributed by atoms with E-state index >= 15 is 0 Å². The number of benzene rings is 2. The number of amides is 2. The molecule has 0 bridgehead atoms. The van der Waals surface area contributed by atoms with E-state index in [1.165, 1.54) is 22.5 Å². The summed E-state index contributed by atoms with van der Waals surface area (Å²) < 4.78 is 26.9. The van der Waals surface area contributed by atoms with Gasteiger partial charge < -0.3 is 11.1 Å². The molecule has 0 spiro atoms. The van der Waals surface area contributed by atoms with Crippen molar-refractivity contribution in [3.05, 3.63) is 64.7 Å². The number of primary amides is 1. The predicted molar refractivity (Wildman–Crippen MR) is 105 cm³/mol. The Morgan fingerprint density at radius 1 is 1.07 bits per heavy atom. The minimum absolute atomic E-state index is 0.0145. The molecule has 1 aliphatic rings. The van der Waals surface area contributed by atoms with Crippen LogP contribution in [0.1, 0.15) is 34.8 Å². The minimum Gasteiger partial charge on any atom is -0.368 e. The topological polar surface area (TPSA) is 110 Å². The van der Waals surface area contributed by atoms with Crippen LogP contribution < -0.4 is 11.1 Å². The summed E-state index contributed by atoms with van der Waals surface area (Å²) in [5.41, 5.74) is 5.90. The van der Waals surface area contributed by atoms with Crippen LogP contribution in [-0.4, -0.2) is 37.6 Å². The molecule has 3 N–H and O–H groups in total. The van der Waals surface area contributed by atoms with Crippen LogP contribution in [0.25, 0.3) is 0 Å². The van der Waals surface area contributed by atoms with Gasteiger partial charge in [-0.1, -0.05) is 41.9 Å². The van der Waals surface area contributed by atoms with Gasteiger partial charge in [-0.2, -0.15) is 4.31 Å². The van der Waals surface area contributed by atoms with E-state index in [4.69, 9.17) is 17.3 Å². The Morgan fingerprint density at radius 3 is 2.32 bits per heavy atom. The van der Waals surface area contributed by atoms with E-state index in [1.807, 2.05) is 0 Å². The summed E-state index contributed by atoms with van der Waals surface area (Å²) in [6, 6.07) is 11.4. The van der Waals surface area contributed by atoms with Gasteiger partial charge in [-0.25, -0.2) is 8.42 Å². The smallest absolute Gasteiger partial charge is 0.253 e. The Balaban J connectivity index is 1.90. The number of nitrogens with two attached hydrogens (primary N) is 1. The number of sulfonamides is 1. The number of halogens is 1. The van der Waals surface area contributed by atoms with Crippen LogP contribution in [0.4, 0.5) is 0 Å². The van der Waals surface area contributed by atoms with E-state index in [-0.39, 0.29) is 15.5 Å². The molecule has 2 aromatic rings. The Hall–Kier alpha value is -2.42. The van der Waals surface area contributed by atoms with Crippen molar-refractivity contribution in [3.8, 4) is 0 Å². The first-order valence-electron chi connectivity index (χ1n) is 8.75. The van der Waals surface area contributed by atoms with Gasteiger partial charge in [0, 0.05) is 13.1 Å². The van der Waals surface area contributed by atoms with Crippen molar-refractivity contribution in [2.24, 2.45) is 5.73 Å². The fourth-order valence-corrected chi connectivity index (χ4v) is 4.84. The van der Waals surface area contributed by atoms with E-state index in [0.29, 0.717) is 18.7 Å². The molecule has 0 aromatic heterocycles. The highest BCUT2D eigenvalue weighted by Crippen LogP contribution is 2.26. The van der Waals surface area contributed by atoms with Gasteiger partial charge in [-0.3, -0.25) is 9.59 Å². The number of hydrogen-bond acceptors (Lipinski definition) is 4. The van der Waals surface area contributed by atoms with Crippen LogP contribution in [0.3, 0.4) is 0 Å². The maximum absolute atomic E-state index is 12.7. The van der Waals surface area contributed by atoms with Crippen molar-refractivity contribution in [2.75, 3.05) is 13.1 Å². The van der Waals surface area contributed by atoms with Gasteiger partial charge in [0.05, 0.1) is 15.5 Å². The van der Waals surface area contributed by atoms with Crippen molar-refractivity contribution in [1.82, 2.24) is 9.62 Å². The molecule has 1 saturated heterocycles. The van der Waals surface area contributed by atoms with Crippen LogP contribution in [0.5, 0.6) is 0 Å². The fourth-order valence-electron chi connectivity index (χ4n) is 3.09. The summed E-state index contributed by atoms with van der Waals surface area (Å²) >= 11 is 6.12. The van der Waals surface area contributed by atoms with Gasteiger partial charge in [0.15, 0.2) is 0 Å². The normalized spacial score (nSPS) is 15.9. The summed E-state index contributed by atoms with van der Waals surface area (Å²) in [6.45, 7) is 0.897. The lowest BCUT2D eigenvalue weighted by atomic mass is 10.1. The third-order valence-corrected chi connectivity index (χ3v) is 6.80. The highest BCUT2D eigenvalue weighted by Gasteiger charge is 2.29. The molecule has 148 valence electrons. The molecule has 28 heavy (non-hydrogen) atoms. The Labute approximate surface area is 168 Å². The Morgan fingerprint density at radius 2 is 1.71 bits per heavy atom. The number of hydrogen-bond donors (Lipinski definition) is 2. The Bertz CT molecular complexity index is 989. The Kier molecular flexibility index (Phi) is 6.02. The molecule has 0 saturated carbocycles. The number of rotatable bonds is 6. The van der Waals surface area contributed by atoms with Gasteiger partial charge in [-0.15, -0.1) is 0 Å². The van der Waals surface area contributed by atoms with Crippen LogP contribution >= 0.6 is 11.6 Å². The molecule has 7 nitrogen and oxygen atoms in total.